The SMILES string of the molecule is CSC1CCC(NC(=O)[C@H]2[C@@H](C(=O)O)C2(C)C)CC1. The molecule has 2 atom stereocenters. The average Bonchev–Trinajstić information content (AvgIpc) is 2.93. The molecule has 108 valence electrons. The Morgan fingerprint density at radius 1 is 1.16 bits per heavy atom. The fraction of sp³-hybridized carbons (Fsp3) is 0.857. The lowest BCUT2D eigenvalue weighted by atomic mass is 9.94. The molecule has 1 amide bonds. The van der Waals surface area contributed by atoms with Crippen molar-refractivity contribution in [1.29, 1.82) is 0 Å². The van der Waals surface area contributed by atoms with Crippen molar-refractivity contribution in [3.8, 4) is 0 Å². The summed E-state index contributed by atoms with van der Waals surface area (Å²) in [4.78, 5) is 23.3. The number of hydrogen-bond acceptors (Lipinski definition) is 3. The maximum Gasteiger partial charge on any atom is 0.307 e. The van der Waals surface area contributed by atoms with Crippen LogP contribution >= 0.6 is 11.8 Å². The number of nitrogens with one attached hydrogen (secondary N) is 1. The van der Waals surface area contributed by atoms with E-state index < -0.39 is 17.3 Å². The van der Waals surface area contributed by atoms with Crippen molar-refractivity contribution in [1.82, 2.24) is 5.32 Å². The van der Waals surface area contributed by atoms with Crippen molar-refractivity contribution in [2.24, 2.45) is 17.3 Å². The summed E-state index contributed by atoms with van der Waals surface area (Å²) in [5.41, 5.74) is -0.396. The number of carbonyl (C=O) groups excluding carboxylic acids is 1. The molecule has 5 heteroatoms. The molecule has 0 aromatic carbocycles. The Hall–Kier alpha value is -0.710. The van der Waals surface area contributed by atoms with Gasteiger partial charge in [0, 0.05) is 11.3 Å². The molecular formula is C14H23NO3S. The third-order valence-corrected chi connectivity index (χ3v) is 5.87. The maximum atomic E-state index is 12.2. The summed E-state index contributed by atoms with van der Waals surface area (Å²) in [6.45, 7) is 3.72. The normalized spacial score (nSPS) is 36.6. The minimum Gasteiger partial charge on any atom is -0.481 e. The van der Waals surface area contributed by atoms with Gasteiger partial charge in [-0.2, -0.15) is 11.8 Å². The smallest absolute Gasteiger partial charge is 0.307 e. The number of carboxylic acids is 1. The van der Waals surface area contributed by atoms with E-state index >= 15 is 0 Å². The van der Waals surface area contributed by atoms with E-state index in [1.807, 2.05) is 25.6 Å². The molecule has 2 fully saturated rings. The van der Waals surface area contributed by atoms with E-state index in [1.54, 1.807) is 0 Å². The van der Waals surface area contributed by atoms with E-state index in [1.165, 1.54) is 0 Å². The van der Waals surface area contributed by atoms with Crippen LogP contribution in [0.25, 0.3) is 0 Å². The van der Waals surface area contributed by atoms with Gasteiger partial charge in [-0.3, -0.25) is 9.59 Å². The highest BCUT2D eigenvalue weighted by atomic mass is 32.2. The number of hydrogen-bond donors (Lipinski definition) is 2. The lowest BCUT2D eigenvalue weighted by Crippen LogP contribution is -2.39. The molecule has 2 aliphatic rings. The van der Waals surface area contributed by atoms with Gasteiger partial charge in [-0.25, -0.2) is 0 Å². The summed E-state index contributed by atoms with van der Waals surface area (Å²) in [6, 6.07) is 0.238. The summed E-state index contributed by atoms with van der Waals surface area (Å²) >= 11 is 1.90. The predicted octanol–water partition coefficient (Wildman–Crippen LogP) is 2.13. The van der Waals surface area contributed by atoms with Crippen LogP contribution in [0.15, 0.2) is 0 Å². The Balaban J connectivity index is 1.85. The minimum absolute atomic E-state index is 0.0648. The van der Waals surface area contributed by atoms with Crippen molar-refractivity contribution in [3.63, 3.8) is 0 Å². The molecule has 0 bridgehead atoms. The summed E-state index contributed by atoms with van der Waals surface area (Å²) in [5.74, 6) is -1.79. The van der Waals surface area contributed by atoms with Crippen molar-refractivity contribution in [2.75, 3.05) is 6.26 Å². The van der Waals surface area contributed by atoms with E-state index in [2.05, 4.69) is 11.6 Å². The second-order valence-electron chi connectivity index (χ2n) is 6.33. The van der Waals surface area contributed by atoms with Gasteiger partial charge in [-0.1, -0.05) is 13.8 Å². The lowest BCUT2D eigenvalue weighted by molar-refractivity contribution is -0.140. The highest BCUT2D eigenvalue weighted by Gasteiger charge is 2.65. The van der Waals surface area contributed by atoms with Crippen LogP contribution < -0.4 is 5.32 Å². The molecular weight excluding hydrogens is 262 g/mol. The number of aliphatic carboxylic acids is 1. The Morgan fingerprint density at radius 3 is 2.16 bits per heavy atom. The van der Waals surface area contributed by atoms with Crippen LogP contribution in [0.3, 0.4) is 0 Å². The van der Waals surface area contributed by atoms with Crippen LogP contribution in [0.5, 0.6) is 0 Å². The molecule has 0 spiro atoms. The summed E-state index contributed by atoms with van der Waals surface area (Å²) in [6.07, 6.45) is 6.45. The average molecular weight is 285 g/mol. The van der Waals surface area contributed by atoms with Crippen molar-refractivity contribution < 1.29 is 14.7 Å². The summed E-state index contributed by atoms with van der Waals surface area (Å²) in [5, 5.41) is 12.9. The number of amides is 1. The molecule has 0 heterocycles. The van der Waals surface area contributed by atoms with Gasteiger partial charge >= 0.3 is 5.97 Å². The maximum absolute atomic E-state index is 12.2. The minimum atomic E-state index is -0.851. The Kier molecular flexibility index (Phi) is 4.14. The molecule has 19 heavy (non-hydrogen) atoms. The molecule has 0 aliphatic heterocycles. The van der Waals surface area contributed by atoms with Crippen molar-refractivity contribution in [3.05, 3.63) is 0 Å². The molecule has 2 rings (SSSR count). The second-order valence-corrected chi connectivity index (χ2v) is 7.47. The van der Waals surface area contributed by atoms with Crippen molar-refractivity contribution >= 4 is 23.6 Å². The summed E-state index contributed by atoms with van der Waals surface area (Å²) < 4.78 is 0. The zero-order chi connectivity index (χ0) is 14.2. The van der Waals surface area contributed by atoms with Crippen LogP contribution in [0.4, 0.5) is 0 Å². The number of thioether (sulfide) groups is 1. The fourth-order valence-corrected chi connectivity index (χ4v) is 4.07. The van der Waals surface area contributed by atoms with Gasteiger partial charge in [-0.05, 0) is 37.4 Å². The van der Waals surface area contributed by atoms with Gasteiger partial charge in [0.25, 0.3) is 0 Å². The molecule has 2 aliphatic carbocycles. The van der Waals surface area contributed by atoms with E-state index in [0.29, 0.717) is 0 Å². The van der Waals surface area contributed by atoms with Gasteiger partial charge in [0.2, 0.25) is 5.91 Å². The van der Waals surface area contributed by atoms with E-state index in [9.17, 15) is 9.59 Å². The Morgan fingerprint density at radius 2 is 1.74 bits per heavy atom. The molecule has 0 unspecified atom stereocenters. The first kappa shape index (κ1) is 14.7. The van der Waals surface area contributed by atoms with Crippen LogP contribution in [0.2, 0.25) is 0 Å². The predicted molar refractivity (Wildman–Crippen MR) is 76.1 cm³/mol. The van der Waals surface area contributed by atoms with Crippen LogP contribution in [0, 0.1) is 17.3 Å². The first-order valence-electron chi connectivity index (χ1n) is 6.94. The molecule has 0 saturated heterocycles. The van der Waals surface area contributed by atoms with E-state index in [-0.39, 0.29) is 17.9 Å². The van der Waals surface area contributed by atoms with Crippen molar-refractivity contribution in [2.45, 2.75) is 50.8 Å². The third kappa shape index (κ3) is 2.91. The van der Waals surface area contributed by atoms with Crippen LogP contribution in [0.1, 0.15) is 39.5 Å². The first-order chi connectivity index (χ1) is 8.87. The highest BCUT2D eigenvalue weighted by Crippen LogP contribution is 2.58. The van der Waals surface area contributed by atoms with Gasteiger partial charge in [0.05, 0.1) is 11.8 Å². The van der Waals surface area contributed by atoms with E-state index in [4.69, 9.17) is 5.11 Å². The first-order valence-corrected chi connectivity index (χ1v) is 8.22. The molecule has 0 aromatic rings. The number of rotatable bonds is 4. The number of carbonyl (C=O) groups is 2. The number of carboxylic acid groups (broad SMARTS) is 1. The van der Waals surface area contributed by atoms with Gasteiger partial charge in [0.15, 0.2) is 0 Å². The Bertz CT molecular complexity index is 375. The quantitative estimate of drug-likeness (QED) is 0.830. The molecule has 2 N–H and O–H groups in total. The highest BCUT2D eigenvalue weighted by molar-refractivity contribution is 7.99. The zero-order valence-corrected chi connectivity index (χ0v) is 12.6. The third-order valence-electron chi connectivity index (χ3n) is 4.73. The van der Waals surface area contributed by atoms with Crippen LogP contribution in [-0.2, 0) is 9.59 Å². The molecule has 0 radical (unpaired) electrons. The second kappa shape index (κ2) is 5.35. The van der Waals surface area contributed by atoms with Crippen LogP contribution in [-0.4, -0.2) is 34.5 Å². The topological polar surface area (TPSA) is 66.4 Å². The summed E-state index contributed by atoms with van der Waals surface area (Å²) in [7, 11) is 0. The van der Waals surface area contributed by atoms with Gasteiger partial charge < -0.3 is 10.4 Å². The van der Waals surface area contributed by atoms with E-state index in [0.717, 1.165) is 30.9 Å². The van der Waals surface area contributed by atoms with Gasteiger partial charge in [0.1, 0.15) is 0 Å². The Labute approximate surface area is 118 Å². The zero-order valence-electron chi connectivity index (χ0n) is 11.8. The lowest BCUT2D eigenvalue weighted by Gasteiger charge is -2.28. The standard InChI is InChI=1S/C14H23NO3S/c1-14(2)10(11(14)13(17)18)12(16)15-8-4-6-9(19-3)7-5-8/h8-11H,4-7H2,1-3H3,(H,15,16)(H,17,18)/t8?,9?,10-,11+/m1/s1. The largest absolute Gasteiger partial charge is 0.481 e. The fourth-order valence-electron chi connectivity index (χ4n) is 3.32. The molecule has 4 nitrogen and oxygen atoms in total. The molecule has 0 aromatic heterocycles. The monoisotopic (exact) mass is 285 g/mol. The molecule has 2 saturated carbocycles. The van der Waals surface area contributed by atoms with Gasteiger partial charge in [-0.15, -0.1) is 0 Å².